The number of hydrogen-bond donors (Lipinski definition) is 2. The average molecular weight is 223 g/mol. The molecule has 1 heterocycles. The van der Waals surface area contributed by atoms with E-state index in [0.29, 0.717) is 17.2 Å². The summed E-state index contributed by atoms with van der Waals surface area (Å²) >= 11 is 0. The Balaban J connectivity index is 2.34. The Hall–Kier alpha value is -1.36. The normalized spacial score (nSPS) is 13.1. The van der Waals surface area contributed by atoms with Gasteiger partial charge in [0.2, 0.25) is 0 Å². The Kier molecular flexibility index (Phi) is 2.73. The molecule has 1 aromatic carbocycles. The minimum Gasteiger partial charge on any atom is -0.399 e. The summed E-state index contributed by atoms with van der Waals surface area (Å²) in [6, 6.07) is 5.50. The molecule has 2 rings (SSSR count). The first-order valence-corrected chi connectivity index (χ1v) is 6.27. The molecule has 0 bridgehead atoms. The fourth-order valence-electron chi connectivity index (χ4n) is 1.40. The van der Waals surface area contributed by atoms with Crippen LogP contribution in [0, 0.1) is 0 Å². The Labute approximate surface area is 90.4 Å². The van der Waals surface area contributed by atoms with Gasteiger partial charge in [-0.2, -0.15) is 0 Å². The van der Waals surface area contributed by atoms with Crippen molar-refractivity contribution in [1.29, 1.82) is 0 Å². The lowest BCUT2D eigenvalue weighted by Gasteiger charge is -1.92. The van der Waals surface area contributed by atoms with Crippen molar-refractivity contribution in [3.05, 3.63) is 24.0 Å². The van der Waals surface area contributed by atoms with Gasteiger partial charge >= 0.3 is 0 Å². The number of aromatic amines is 1. The van der Waals surface area contributed by atoms with Crippen molar-refractivity contribution in [2.75, 3.05) is 11.5 Å². The molecule has 2 aromatic rings. The Morgan fingerprint density at radius 1 is 1.53 bits per heavy atom. The summed E-state index contributed by atoms with van der Waals surface area (Å²) in [4.78, 5) is 7.46. The van der Waals surface area contributed by atoms with E-state index in [1.165, 1.54) is 0 Å². The van der Waals surface area contributed by atoms with Gasteiger partial charge in [0.25, 0.3) is 0 Å². The predicted molar refractivity (Wildman–Crippen MR) is 62.9 cm³/mol. The molecule has 0 aliphatic carbocycles. The fraction of sp³-hybridized carbons (Fsp3) is 0.300. The molecule has 4 nitrogen and oxygen atoms in total. The first-order valence-electron chi connectivity index (χ1n) is 4.78. The minimum atomic E-state index is -0.835. The van der Waals surface area contributed by atoms with Crippen LogP contribution in [0.15, 0.2) is 18.2 Å². The smallest absolute Gasteiger partial charge is 0.119 e. The molecule has 0 amide bonds. The molecule has 15 heavy (non-hydrogen) atoms. The van der Waals surface area contributed by atoms with Crippen LogP contribution < -0.4 is 5.73 Å². The lowest BCUT2D eigenvalue weighted by molar-refractivity contribution is 0.682. The van der Waals surface area contributed by atoms with Crippen molar-refractivity contribution in [3.8, 4) is 0 Å². The third-order valence-corrected chi connectivity index (χ3v) is 3.41. The van der Waals surface area contributed by atoms with E-state index in [0.717, 1.165) is 16.9 Å². The molecule has 0 fully saturated rings. The molecule has 0 saturated carbocycles. The van der Waals surface area contributed by atoms with Crippen LogP contribution >= 0.6 is 0 Å². The minimum absolute atomic E-state index is 0.477. The lowest BCUT2D eigenvalue weighted by atomic mass is 10.3. The maximum Gasteiger partial charge on any atom is 0.119 e. The number of benzene rings is 1. The number of aromatic nitrogens is 2. The number of nitrogens with zero attached hydrogens (tertiary/aromatic N) is 1. The van der Waals surface area contributed by atoms with Crippen LogP contribution in [0.25, 0.3) is 11.0 Å². The van der Waals surface area contributed by atoms with Crippen LogP contribution in [0.4, 0.5) is 5.69 Å². The highest BCUT2D eigenvalue weighted by atomic mass is 32.2. The van der Waals surface area contributed by atoms with Gasteiger partial charge < -0.3 is 10.7 Å². The van der Waals surface area contributed by atoms with Gasteiger partial charge in [-0.15, -0.1) is 0 Å². The van der Waals surface area contributed by atoms with Gasteiger partial charge in [-0.25, -0.2) is 4.98 Å². The van der Waals surface area contributed by atoms with Gasteiger partial charge in [-0.05, 0) is 18.2 Å². The fourth-order valence-corrected chi connectivity index (χ4v) is 2.05. The van der Waals surface area contributed by atoms with Crippen molar-refractivity contribution < 1.29 is 4.21 Å². The van der Waals surface area contributed by atoms with E-state index in [-0.39, 0.29) is 0 Å². The zero-order chi connectivity index (χ0) is 10.8. The number of nitrogens with one attached hydrogen (secondary N) is 1. The van der Waals surface area contributed by atoms with Gasteiger partial charge in [0, 0.05) is 22.2 Å². The SMILES string of the molecule is CCS(=O)Cc1nc2ccc(N)cc2[nH]1. The first kappa shape index (κ1) is 10.2. The van der Waals surface area contributed by atoms with E-state index in [4.69, 9.17) is 5.73 Å². The van der Waals surface area contributed by atoms with Crippen molar-refractivity contribution >= 4 is 27.5 Å². The standard InChI is InChI=1S/C10H13N3OS/c1-2-15(14)6-10-12-8-4-3-7(11)5-9(8)13-10/h3-5H,2,6,11H2,1H3,(H,12,13). The Bertz CT molecular complexity index is 506. The molecule has 0 saturated heterocycles. The molecule has 0 aliphatic heterocycles. The summed E-state index contributed by atoms with van der Waals surface area (Å²) in [7, 11) is -0.835. The van der Waals surface area contributed by atoms with Gasteiger partial charge in [0.1, 0.15) is 5.82 Å². The number of nitrogen functional groups attached to an aromatic ring is 1. The molecule has 0 aliphatic rings. The predicted octanol–water partition coefficient (Wildman–Crippen LogP) is 1.41. The molecule has 1 aromatic heterocycles. The molecule has 0 spiro atoms. The maximum absolute atomic E-state index is 11.4. The summed E-state index contributed by atoms with van der Waals surface area (Å²) in [5.41, 5.74) is 8.12. The van der Waals surface area contributed by atoms with Gasteiger partial charge in [0.05, 0.1) is 16.8 Å². The largest absolute Gasteiger partial charge is 0.399 e. The number of rotatable bonds is 3. The van der Waals surface area contributed by atoms with Crippen molar-refractivity contribution in [2.45, 2.75) is 12.7 Å². The molecule has 0 radical (unpaired) electrons. The second-order valence-electron chi connectivity index (χ2n) is 3.33. The maximum atomic E-state index is 11.4. The highest BCUT2D eigenvalue weighted by Gasteiger charge is 2.05. The molecular weight excluding hydrogens is 210 g/mol. The highest BCUT2D eigenvalue weighted by Crippen LogP contribution is 2.15. The zero-order valence-corrected chi connectivity index (χ0v) is 9.30. The molecule has 1 atom stereocenters. The second kappa shape index (κ2) is 4.02. The monoisotopic (exact) mass is 223 g/mol. The van der Waals surface area contributed by atoms with E-state index in [1.54, 1.807) is 0 Å². The quantitative estimate of drug-likeness (QED) is 0.773. The second-order valence-corrected chi connectivity index (χ2v) is 5.08. The van der Waals surface area contributed by atoms with Crippen LogP contribution in [-0.4, -0.2) is 19.9 Å². The van der Waals surface area contributed by atoms with Crippen LogP contribution in [-0.2, 0) is 16.6 Å². The van der Waals surface area contributed by atoms with E-state index in [1.807, 2.05) is 25.1 Å². The van der Waals surface area contributed by atoms with Gasteiger partial charge in [-0.3, -0.25) is 4.21 Å². The Morgan fingerprint density at radius 3 is 3.07 bits per heavy atom. The van der Waals surface area contributed by atoms with Crippen molar-refractivity contribution in [3.63, 3.8) is 0 Å². The van der Waals surface area contributed by atoms with E-state index in [2.05, 4.69) is 9.97 Å². The van der Waals surface area contributed by atoms with Crippen LogP contribution in [0.1, 0.15) is 12.7 Å². The number of anilines is 1. The number of fused-ring (bicyclic) bond motifs is 1. The number of imidazole rings is 1. The molecule has 5 heteroatoms. The topological polar surface area (TPSA) is 71.8 Å². The zero-order valence-electron chi connectivity index (χ0n) is 8.49. The summed E-state index contributed by atoms with van der Waals surface area (Å²) < 4.78 is 11.4. The van der Waals surface area contributed by atoms with Crippen LogP contribution in [0.2, 0.25) is 0 Å². The molecule has 80 valence electrons. The van der Waals surface area contributed by atoms with Crippen LogP contribution in [0.3, 0.4) is 0 Å². The Morgan fingerprint density at radius 2 is 2.33 bits per heavy atom. The molecular formula is C10H13N3OS. The van der Waals surface area contributed by atoms with Crippen LogP contribution in [0.5, 0.6) is 0 Å². The van der Waals surface area contributed by atoms with E-state index >= 15 is 0 Å². The lowest BCUT2D eigenvalue weighted by Crippen LogP contribution is -1.98. The third kappa shape index (κ3) is 2.18. The molecule has 3 N–H and O–H groups in total. The number of hydrogen-bond acceptors (Lipinski definition) is 3. The van der Waals surface area contributed by atoms with Crippen molar-refractivity contribution in [1.82, 2.24) is 9.97 Å². The summed E-state index contributed by atoms with van der Waals surface area (Å²) in [6.45, 7) is 1.90. The third-order valence-electron chi connectivity index (χ3n) is 2.17. The van der Waals surface area contributed by atoms with Crippen molar-refractivity contribution in [2.24, 2.45) is 0 Å². The van der Waals surface area contributed by atoms with E-state index < -0.39 is 10.8 Å². The summed E-state index contributed by atoms with van der Waals surface area (Å²) in [5, 5.41) is 0. The number of H-pyrrole nitrogens is 1. The average Bonchev–Trinajstić information content (AvgIpc) is 2.59. The first-order chi connectivity index (χ1) is 7.19. The number of nitrogens with two attached hydrogens (primary N) is 1. The highest BCUT2D eigenvalue weighted by molar-refractivity contribution is 7.84. The summed E-state index contributed by atoms with van der Waals surface area (Å²) in [6.07, 6.45) is 0. The molecule has 1 unspecified atom stereocenters. The summed E-state index contributed by atoms with van der Waals surface area (Å²) in [5.74, 6) is 1.89. The van der Waals surface area contributed by atoms with Gasteiger partial charge in [0.15, 0.2) is 0 Å². The van der Waals surface area contributed by atoms with Gasteiger partial charge in [-0.1, -0.05) is 6.92 Å². The van der Waals surface area contributed by atoms with E-state index in [9.17, 15) is 4.21 Å².